The van der Waals surface area contributed by atoms with Gasteiger partial charge in [0.25, 0.3) is 0 Å². The summed E-state index contributed by atoms with van der Waals surface area (Å²) in [5.74, 6) is -1.58. The second-order valence-corrected chi connectivity index (χ2v) is 2.07. The Hall–Kier alpha value is -0.0700. The fourth-order valence-corrected chi connectivity index (χ4v) is 0.665. The zero-order valence-electron chi connectivity index (χ0n) is 6.52. The Kier molecular flexibility index (Phi) is 4.81. The van der Waals surface area contributed by atoms with Crippen LogP contribution in [0.1, 0.15) is 0 Å². The minimum Gasteiger partial charge on any atom is -0.553 e. The Morgan fingerprint density at radius 3 is 2.58 bits per heavy atom. The van der Waals surface area contributed by atoms with Gasteiger partial charge in [-0.25, -0.2) is 0 Å². The van der Waals surface area contributed by atoms with E-state index in [1.54, 1.807) is 0 Å². The summed E-state index contributed by atoms with van der Waals surface area (Å²) in [6, 6.07) is 0. The van der Waals surface area contributed by atoms with E-state index >= 15 is 0 Å². The topological polar surface area (TPSA) is 87.0 Å². The number of carbonyl (C=O) groups excluding carboxylic acids is 1. The number of carbonyl (C=O) groups is 1. The number of cyclic esters (lactones) is 1. The van der Waals surface area contributed by atoms with Gasteiger partial charge in [-0.15, -0.1) is 0 Å². The number of aliphatic hydroxyl groups excluding tert-OH is 3. The van der Waals surface area contributed by atoms with Crippen LogP contribution in [-0.4, -0.2) is 40.1 Å². The SMILES string of the molecule is O=C1O[C@H]([C@@H](O)CO)[C-]=C1O.[Na+]. The van der Waals surface area contributed by atoms with Crippen LogP contribution in [-0.2, 0) is 9.53 Å². The zero-order chi connectivity index (χ0) is 8.43. The molecule has 0 saturated heterocycles. The monoisotopic (exact) mass is 182 g/mol. The minimum absolute atomic E-state index is 0. The number of ether oxygens (including phenoxy) is 1. The minimum atomic E-state index is -1.22. The molecule has 0 spiro atoms. The molecule has 3 N–H and O–H groups in total. The van der Waals surface area contributed by atoms with Crippen LogP contribution in [0, 0.1) is 6.08 Å². The van der Waals surface area contributed by atoms with Crippen LogP contribution in [0.25, 0.3) is 0 Å². The third kappa shape index (κ3) is 2.46. The smallest absolute Gasteiger partial charge is 0.553 e. The summed E-state index contributed by atoms with van der Waals surface area (Å²) in [5.41, 5.74) is 0. The molecule has 0 fully saturated rings. The van der Waals surface area contributed by atoms with Crippen LogP contribution in [0.4, 0.5) is 0 Å². The summed E-state index contributed by atoms with van der Waals surface area (Å²) in [7, 11) is 0. The molecule has 1 heterocycles. The number of esters is 1. The molecule has 0 aliphatic carbocycles. The second-order valence-electron chi connectivity index (χ2n) is 2.07. The third-order valence-electron chi connectivity index (χ3n) is 1.24. The number of hydrogen-bond acceptors (Lipinski definition) is 5. The summed E-state index contributed by atoms with van der Waals surface area (Å²) in [5, 5.41) is 25.9. The second kappa shape index (κ2) is 4.84. The van der Waals surface area contributed by atoms with Crippen LogP contribution < -0.4 is 29.6 Å². The molecule has 1 rings (SSSR count). The van der Waals surface area contributed by atoms with Crippen molar-refractivity contribution in [1.29, 1.82) is 0 Å². The summed E-state index contributed by atoms with van der Waals surface area (Å²) < 4.78 is 4.38. The molecule has 0 aromatic carbocycles. The van der Waals surface area contributed by atoms with Gasteiger partial charge in [-0.05, 0) is 0 Å². The maximum Gasteiger partial charge on any atom is 1.00 e. The molecule has 12 heavy (non-hydrogen) atoms. The van der Waals surface area contributed by atoms with Gasteiger partial charge < -0.3 is 24.9 Å². The average Bonchev–Trinajstić information content (AvgIpc) is 2.31. The van der Waals surface area contributed by atoms with Crippen LogP contribution >= 0.6 is 0 Å². The standard InChI is InChI=1S/C6H7O5.Na/c7-2-4(9)5-1-3(8)6(10)11-5;/h4-5,7-9H,2H2;/q-1;+1/t4-,5-;/m0./s1. The van der Waals surface area contributed by atoms with Crippen molar-refractivity contribution >= 4 is 5.97 Å². The molecule has 0 saturated carbocycles. The molecule has 62 valence electrons. The first-order valence-electron chi connectivity index (χ1n) is 2.97. The van der Waals surface area contributed by atoms with Gasteiger partial charge in [0.1, 0.15) is 0 Å². The Labute approximate surface area is 90.9 Å². The number of aliphatic hydroxyl groups is 3. The van der Waals surface area contributed by atoms with Crippen molar-refractivity contribution in [1.82, 2.24) is 0 Å². The predicted octanol–water partition coefficient (Wildman–Crippen LogP) is -4.49. The van der Waals surface area contributed by atoms with Gasteiger partial charge in [0.05, 0.1) is 18.8 Å². The van der Waals surface area contributed by atoms with Crippen molar-refractivity contribution < 1.29 is 54.4 Å². The van der Waals surface area contributed by atoms with Crippen LogP contribution in [0.15, 0.2) is 5.76 Å². The molecule has 0 bridgehead atoms. The molecule has 1 aliphatic rings. The summed E-state index contributed by atoms with van der Waals surface area (Å²) >= 11 is 0. The fraction of sp³-hybridized carbons (Fsp3) is 0.500. The summed E-state index contributed by atoms with van der Waals surface area (Å²) in [4.78, 5) is 10.4. The van der Waals surface area contributed by atoms with Crippen molar-refractivity contribution in [3.05, 3.63) is 11.8 Å². The zero-order valence-corrected chi connectivity index (χ0v) is 8.52. The van der Waals surface area contributed by atoms with Gasteiger partial charge in [-0.2, -0.15) is 6.08 Å². The van der Waals surface area contributed by atoms with Crippen molar-refractivity contribution in [3.8, 4) is 0 Å². The van der Waals surface area contributed by atoms with E-state index in [4.69, 9.17) is 15.3 Å². The van der Waals surface area contributed by atoms with Gasteiger partial charge in [-0.1, -0.05) is 0 Å². The maximum absolute atomic E-state index is 10.4. The summed E-state index contributed by atoms with van der Waals surface area (Å²) in [6.07, 6.45) is -0.123. The van der Waals surface area contributed by atoms with E-state index in [1.165, 1.54) is 0 Å². The molecule has 1 aliphatic heterocycles. The molecule has 5 nitrogen and oxygen atoms in total. The number of hydrogen-bond donors (Lipinski definition) is 3. The Morgan fingerprint density at radius 2 is 2.25 bits per heavy atom. The molecular formula is C6H7NaO5. The number of rotatable bonds is 2. The fourth-order valence-electron chi connectivity index (χ4n) is 0.665. The largest absolute Gasteiger partial charge is 1.00 e. The molecular weight excluding hydrogens is 175 g/mol. The molecule has 6 heteroatoms. The van der Waals surface area contributed by atoms with Crippen molar-refractivity contribution in [3.63, 3.8) is 0 Å². The van der Waals surface area contributed by atoms with Gasteiger partial charge in [-0.3, -0.25) is 0 Å². The van der Waals surface area contributed by atoms with E-state index in [-0.39, 0.29) is 29.6 Å². The maximum atomic E-state index is 10.4. The van der Waals surface area contributed by atoms with Crippen LogP contribution in [0.2, 0.25) is 0 Å². The van der Waals surface area contributed by atoms with Crippen LogP contribution in [0.3, 0.4) is 0 Å². The third-order valence-corrected chi connectivity index (χ3v) is 1.24. The predicted molar refractivity (Wildman–Crippen MR) is 32.4 cm³/mol. The molecule has 0 amide bonds. The quantitative estimate of drug-likeness (QED) is 0.228. The van der Waals surface area contributed by atoms with E-state index in [0.29, 0.717) is 0 Å². The summed E-state index contributed by atoms with van der Waals surface area (Å²) in [6.45, 7) is -0.543. The van der Waals surface area contributed by atoms with Crippen molar-refractivity contribution in [2.24, 2.45) is 0 Å². The van der Waals surface area contributed by atoms with E-state index in [9.17, 15) is 4.79 Å². The molecule has 0 aromatic heterocycles. The van der Waals surface area contributed by atoms with Gasteiger partial charge in [0.2, 0.25) is 5.97 Å². The Bertz CT molecular complexity index is 202. The first-order valence-corrected chi connectivity index (χ1v) is 2.97. The Morgan fingerprint density at radius 1 is 1.67 bits per heavy atom. The van der Waals surface area contributed by atoms with E-state index < -0.39 is 30.5 Å². The van der Waals surface area contributed by atoms with Gasteiger partial charge in [0, 0.05) is 5.76 Å². The normalized spacial score (nSPS) is 24.0. The van der Waals surface area contributed by atoms with Crippen LogP contribution in [0.5, 0.6) is 0 Å². The van der Waals surface area contributed by atoms with E-state index in [0.717, 1.165) is 0 Å². The van der Waals surface area contributed by atoms with Crippen molar-refractivity contribution in [2.75, 3.05) is 6.61 Å². The molecule has 0 aromatic rings. The molecule has 0 unspecified atom stereocenters. The first-order chi connectivity index (χ1) is 5.15. The van der Waals surface area contributed by atoms with Crippen molar-refractivity contribution in [2.45, 2.75) is 12.2 Å². The van der Waals surface area contributed by atoms with E-state index in [2.05, 4.69) is 10.8 Å². The van der Waals surface area contributed by atoms with Gasteiger partial charge in [0.15, 0.2) is 0 Å². The van der Waals surface area contributed by atoms with E-state index in [1.807, 2.05) is 0 Å². The molecule has 2 atom stereocenters. The Balaban J connectivity index is 0.00000121. The van der Waals surface area contributed by atoms with Gasteiger partial charge >= 0.3 is 29.6 Å². The average molecular weight is 182 g/mol. The molecule has 0 radical (unpaired) electrons. The first kappa shape index (κ1) is 11.9.